The van der Waals surface area contributed by atoms with Crippen molar-refractivity contribution in [2.45, 2.75) is 32.2 Å². The lowest BCUT2D eigenvalue weighted by Crippen LogP contribution is -2.40. The van der Waals surface area contributed by atoms with Crippen molar-refractivity contribution in [1.29, 1.82) is 0 Å². The monoisotopic (exact) mass is 393 g/mol. The first-order chi connectivity index (χ1) is 14.0. The Morgan fingerprint density at radius 2 is 1.72 bits per heavy atom. The summed E-state index contributed by atoms with van der Waals surface area (Å²) in [6, 6.07) is 16.6. The molecule has 29 heavy (non-hydrogen) atoms. The van der Waals surface area contributed by atoms with E-state index >= 15 is 0 Å². The van der Waals surface area contributed by atoms with Gasteiger partial charge in [0.15, 0.2) is 5.78 Å². The molecule has 2 aromatic rings. The van der Waals surface area contributed by atoms with Crippen molar-refractivity contribution in [3.05, 3.63) is 65.7 Å². The maximum atomic E-state index is 12.4. The summed E-state index contributed by atoms with van der Waals surface area (Å²) in [4.78, 5) is 38.3. The van der Waals surface area contributed by atoms with Gasteiger partial charge in [-0.15, -0.1) is 0 Å². The smallest absolute Gasteiger partial charge is 0.224 e. The van der Waals surface area contributed by atoms with Crippen molar-refractivity contribution in [2.75, 3.05) is 18.4 Å². The summed E-state index contributed by atoms with van der Waals surface area (Å²) in [5.41, 5.74) is 7.82. The normalized spacial score (nSPS) is 16.9. The van der Waals surface area contributed by atoms with Gasteiger partial charge in [0.1, 0.15) is 0 Å². The van der Waals surface area contributed by atoms with Gasteiger partial charge in [0.25, 0.3) is 0 Å². The molecular formula is C23H27N3O3. The zero-order chi connectivity index (χ0) is 20.6. The number of nitrogens with one attached hydrogen (secondary N) is 1. The first-order valence-electron chi connectivity index (χ1n) is 10.0. The number of para-hydroxylation sites is 1. The van der Waals surface area contributed by atoms with Gasteiger partial charge >= 0.3 is 0 Å². The van der Waals surface area contributed by atoms with Gasteiger partial charge < -0.3 is 11.1 Å². The molecule has 0 aliphatic carbocycles. The number of hydrogen-bond donors (Lipinski definition) is 2. The van der Waals surface area contributed by atoms with Crippen LogP contribution in [-0.4, -0.2) is 35.6 Å². The first kappa shape index (κ1) is 20.7. The highest BCUT2D eigenvalue weighted by Gasteiger charge is 2.24. The van der Waals surface area contributed by atoms with Crippen molar-refractivity contribution in [3.8, 4) is 0 Å². The van der Waals surface area contributed by atoms with E-state index in [1.807, 2.05) is 42.5 Å². The third kappa shape index (κ3) is 5.99. The van der Waals surface area contributed by atoms with E-state index in [2.05, 4.69) is 10.2 Å². The highest BCUT2D eigenvalue weighted by molar-refractivity contribution is 6.00. The van der Waals surface area contributed by atoms with Crippen molar-refractivity contribution < 1.29 is 14.4 Å². The largest absolute Gasteiger partial charge is 0.369 e. The van der Waals surface area contributed by atoms with E-state index < -0.39 is 0 Å². The highest BCUT2D eigenvalue weighted by Crippen LogP contribution is 2.22. The number of hydrogen-bond acceptors (Lipinski definition) is 4. The molecule has 1 unspecified atom stereocenters. The van der Waals surface area contributed by atoms with Gasteiger partial charge in [0, 0.05) is 37.2 Å². The quantitative estimate of drug-likeness (QED) is 0.675. The lowest BCUT2D eigenvalue weighted by molar-refractivity contribution is -0.123. The van der Waals surface area contributed by atoms with E-state index in [-0.39, 0.29) is 36.4 Å². The summed E-state index contributed by atoms with van der Waals surface area (Å²) < 4.78 is 0. The molecule has 0 bridgehead atoms. The minimum atomic E-state index is -0.251. The molecule has 2 amide bonds. The van der Waals surface area contributed by atoms with E-state index in [1.54, 1.807) is 12.1 Å². The Morgan fingerprint density at radius 3 is 2.48 bits per heavy atom. The number of likely N-dealkylation sites (tertiary alicyclic amines) is 1. The Hall–Kier alpha value is -2.99. The van der Waals surface area contributed by atoms with Crippen LogP contribution in [0.15, 0.2) is 54.6 Å². The molecular weight excluding hydrogens is 366 g/mol. The average Bonchev–Trinajstić information content (AvgIpc) is 2.74. The van der Waals surface area contributed by atoms with E-state index in [0.29, 0.717) is 18.7 Å². The number of nitrogens with zero attached hydrogens (tertiary/aromatic N) is 1. The van der Waals surface area contributed by atoms with Gasteiger partial charge in [-0.25, -0.2) is 0 Å². The molecule has 0 aromatic heterocycles. The Balaban J connectivity index is 1.56. The predicted octanol–water partition coefficient (Wildman–Crippen LogP) is 2.99. The van der Waals surface area contributed by atoms with Gasteiger partial charge in [0.2, 0.25) is 11.8 Å². The lowest BCUT2D eigenvalue weighted by Gasteiger charge is -2.31. The zero-order valence-electron chi connectivity index (χ0n) is 16.5. The van der Waals surface area contributed by atoms with Crippen LogP contribution in [0.1, 0.15) is 41.6 Å². The summed E-state index contributed by atoms with van der Waals surface area (Å²) in [5, 5.41) is 2.93. The second-order valence-corrected chi connectivity index (χ2v) is 7.47. The summed E-state index contributed by atoms with van der Waals surface area (Å²) in [6.07, 6.45) is 2.07. The maximum absolute atomic E-state index is 12.4. The number of ketones is 1. The lowest BCUT2D eigenvalue weighted by atomic mass is 9.97. The van der Waals surface area contributed by atoms with Crippen LogP contribution in [0.4, 0.5) is 5.69 Å². The van der Waals surface area contributed by atoms with Crippen LogP contribution < -0.4 is 11.1 Å². The molecule has 1 saturated heterocycles. The zero-order valence-corrected chi connectivity index (χ0v) is 16.5. The number of amides is 2. The molecule has 1 fully saturated rings. The van der Waals surface area contributed by atoms with Crippen LogP contribution in [0.25, 0.3) is 0 Å². The number of rotatable bonds is 8. The number of primary amides is 1. The van der Waals surface area contributed by atoms with Crippen molar-refractivity contribution in [3.63, 3.8) is 0 Å². The highest BCUT2D eigenvalue weighted by atomic mass is 16.2. The molecule has 3 N–H and O–H groups in total. The maximum Gasteiger partial charge on any atom is 0.224 e. The number of piperidine rings is 1. The fraction of sp³-hybridized carbons (Fsp3) is 0.348. The topological polar surface area (TPSA) is 92.5 Å². The fourth-order valence-corrected chi connectivity index (χ4v) is 3.66. The number of Topliss-reactive ketones (excluding diaryl/α,β-unsaturated/α-hetero) is 1. The molecule has 1 atom stereocenters. The van der Waals surface area contributed by atoms with Crippen molar-refractivity contribution in [2.24, 2.45) is 11.7 Å². The van der Waals surface area contributed by atoms with Crippen molar-refractivity contribution in [1.82, 2.24) is 4.90 Å². The van der Waals surface area contributed by atoms with E-state index in [0.717, 1.165) is 30.6 Å². The van der Waals surface area contributed by atoms with Gasteiger partial charge in [-0.2, -0.15) is 0 Å². The third-order valence-corrected chi connectivity index (χ3v) is 5.27. The number of anilines is 1. The van der Waals surface area contributed by atoms with Crippen LogP contribution in [0.5, 0.6) is 0 Å². The number of carbonyl (C=O) groups excluding carboxylic acids is 3. The fourth-order valence-electron chi connectivity index (χ4n) is 3.66. The molecule has 3 rings (SSSR count). The van der Waals surface area contributed by atoms with Crippen LogP contribution in [0.3, 0.4) is 0 Å². The molecule has 1 aliphatic heterocycles. The summed E-state index contributed by atoms with van der Waals surface area (Å²) >= 11 is 0. The van der Waals surface area contributed by atoms with E-state index in [9.17, 15) is 14.4 Å². The predicted molar refractivity (Wildman–Crippen MR) is 112 cm³/mol. The second-order valence-electron chi connectivity index (χ2n) is 7.47. The van der Waals surface area contributed by atoms with Gasteiger partial charge in [-0.3, -0.25) is 19.3 Å². The van der Waals surface area contributed by atoms with Gasteiger partial charge in [-0.05, 0) is 31.0 Å². The average molecular weight is 393 g/mol. The molecule has 1 aliphatic rings. The molecule has 1 heterocycles. The van der Waals surface area contributed by atoms with Crippen LogP contribution in [0.2, 0.25) is 0 Å². The van der Waals surface area contributed by atoms with Crippen LogP contribution in [0, 0.1) is 5.92 Å². The van der Waals surface area contributed by atoms with Gasteiger partial charge in [0.05, 0.1) is 5.92 Å². The molecule has 6 heteroatoms. The van der Waals surface area contributed by atoms with E-state index in [4.69, 9.17) is 5.73 Å². The van der Waals surface area contributed by atoms with Crippen LogP contribution in [-0.2, 0) is 16.1 Å². The Bertz CT molecular complexity index is 867. The molecule has 0 radical (unpaired) electrons. The minimum absolute atomic E-state index is 0.0418. The second kappa shape index (κ2) is 9.98. The third-order valence-electron chi connectivity index (χ3n) is 5.27. The summed E-state index contributed by atoms with van der Waals surface area (Å²) in [7, 11) is 0. The number of carbonyl (C=O) groups is 3. The van der Waals surface area contributed by atoms with E-state index in [1.165, 1.54) is 0 Å². The number of nitrogens with two attached hydrogens (primary N) is 1. The summed E-state index contributed by atoms with van der Waals surface area (Å²) in [6.45, 7) is 2.18. The number of benzene rings is 2. The standard InChI is InChI=1S/C23H27N3O3/c24-23(29)19-10-6-14-26(16-19)15-18-9-4-5-11-20(18)25-22(28)13-12-21(27)17-7-2-1-3-8-17/h1-5,7-9,11,19H,6,10,12-16H2,(H2,24,29)(H,25,28). The molecule has 6 nitrogen and oxygen atoms in total. The molecule has 2 aromatic carbocycles. The Kier molecular flexibility index (Phi) is 7.14. The SMILES string of the molecule is NC(=O)C1CCCN(Cc2ccccc2NC(=O)CCC(=O)c2ccccc2)C1. The Morgan fingerprint density at radius 1 is 1.00 bits per heavy atom. The Labute approximate surface area is 171 Å². The molecule has 0 saturated carbocycles. The summed E-state index contributed by atoms with van der Waals surface area (Å²) in [5.74, 6) is -0.593. The first-order valence-corrected chi connectivity index (χ1v) is 10.0. The molecule has 152 valence electrons. The van der Waals surface area contributed by atoms with Gasteiger partial charge in [-0.1, -0.05) is 48.5 Å². The van der Waals surface area contributed by atoms with Crippen molar-refractivity contribution >= 4 is 23.3 Å². The van der Waals surface area contributed by atoms with Crippen LogP contribution >= 0.6 is 0 Å². The molecule has 0 spiro atoms. The minimum Gasteiger partial charge on any atom is -0.369 e.